The van der Waals surface area contributed by atoms with Crippen molar-refractivity contribution in [1.29, 1.82) is 0 Å². The number of hydrogen-bond acceptors (Lipinski definition) is 5. The maximum Gasteiger partial charge on any atom is 0.344 e. The molecule has 172 valence electrons. The van der Waals surface area contributed by atoms with Crippen LogP contribution in [0.4, 0.5) is 5.69 Å². The first-order chi connectivity index (χ1) is 17.0. The summed E-state index contributed by atoms with van der Waals surface area (Å²) < 4.78 is 6.57. The Hall–Kier alpha value is -3.39. The van der Waals surface area contributed by atoms with Gasteiger partial charge in [0.1, 0.15) is 5.75 Å². The molecule has 1 saturated heterocycles. The van der Waals surface area contributed by atoms with Crippen LogP contribution in [-0.4, -0.2) is 17.0 Å². The summed E-state index contributed by atoms with van der Waals surface area (Å²) in [5.41, 5.74) is 1.72. The largest absolute Gasteiger partial charge is 0.422 e. The van der Waals surface area contributed by atoms with E-state index in [1.54, 1.807) is 54.6 Å². The minimum absolute atomic E-state index is 0.283. The topological polar surface area (TPSA) is 67.8 Å². The maximum absolute atomic E-state index is 13.1. The molecule has 0 unspecified atom stereocenters. The van der Waals surface area contributed by atoms with Crippen molar-refractivity contribution in [2.24, 2.45) is 4.99 Å². The van der Waals surface area contributed by atoms with E-state index in [1.165, 1.54) is 11.8 Å². The van der Waals surface area contributed by atoms with Crippen molar-refractivity contribution in [1.82, 2.24) is 5.32 Å². The highest BCUT2D eigenvalue weighted by Crippen LogP contribution is 2.33. The van der Waals surface area contributed by atoms with Gasteiger partial charge in [0.2, 0.25) is 0 Å². The van der Waals surface area contributed by atoms with Gasteiger partial charge < -0.3 is 10.1 Å². The fourth-order valence-electron chi connectivity index (χ4n) is 3.54. The number of halogens is 2. The van der Waals surface area contributed by atoms with Gasteiger partial charge in [0.05, 0.1) is 16.2 Å². The van der Waals surface area contributed by atoms with Gasteiger partial charge in [-0.15, -0.1) is 0 Å². The van der Waals surface area contributed by atoms with Gasteiger partial charge in [-0.05, 0) is 77.1 Å². The molecule has 1 aliphatic rings. The van der Waals surface area contributed by atoms with Crippen LogP contribution in [0.2, 0.25) is 5.02 Å². The number of rotatable bonds is 4. The highest BCUT2D eigenvalue weighted by molar-refractivity contribution is 9.10. The maximum atomic E-state index is 13.1. The first kappa shape index (κ1) is 23.4. The van der Waals surface area contributed by atoms with Crippen molar-refractivity contribution in [3.05, 3.63) is 110 Å². The number of nitrogens with zero attached hydrogens (tertiary/aromatic N) is 1. The lowest BCUT2D eigenvalue weighted by Crippen LogP contribution is -2.19. The fourth-order valence-corrected chi connectivity index (χ4v) is 4.88. The summed E-state index contributed by atoms with van der Waals surface area (Å²) in [6, 6.07) is 25.4. The molecule has 4 aromatic carbocycles. The number of nitrogens with one attached hydrogen (secondary N) is 1. The Labute approximate surface area is 219 Å². The Morgan fingerprint density at radius 3 is 2.60 bits per heavy atom. The predicted molar refractivity (Wildman–Crippen MR) is 145 cm³/mol. The quantitative estimate of drug-likeness (QED) is 0.160. The summed E-state index contributed by atoms with van der Waals surface area (Å²) in [5, 5.41) is 5.58. The van der Waals surface area contributed by atoms with Crippen molar-refractivity contribution in [2.45, 2.75) is 0 Å². The minimum Gasteiger partial charge on any atom is -0.422 e. The summed E-state index contributed by atoms with van der Waals surface area (Å²) in [6.45, 7) is 0. The zero-order chi connectivity index (χ0) is 24.4. The van der Waals surface area contributed by atoms with Gasteiger partial charge in [-0.25, -0.2) is 9.79 Å². The number of carbonyl (C=O) groups excluding carboxylic acids is 2. The van der Waals surface area contributed by atoms with Crippen LogP contribution in [0, 0.1) is 0 Å². The van der Waals surface area contributed by atoms with E-state index in [0.717, 1.165) is 15.2 Å². The van der Waals surface area contributed by atoms with E-state index < -0.39 is 5.97 Å². The number of esters is 1. The van der Waals surface area contributed by atoms with E-state index in [-0.39, 0.29) is 5.91 Å². The third-order valence-electron chi connectivity index (χ3n) is 5.18. The summed E-state index contributed by atoms with van der Waals surface area (Å²) in [7, 11) is 0. The highest BCUT2D eigenvalue weighted by atomic mass is 79.9. The molecule has 4 aromatic rings. The SMILES string of the molecule is O=C1NC(=Nc2ccc(Cl)cc2)S/C1=C\c1cc(Br)ccc1OC(=O)c1cccc2ccccc12. The molecule has 1 amide bonds. The van der Waals surface area contributed by atoms with Gasteiger partial charge in [0, 0.05) is 15.1 Å². The van der Waals surface area contributed by atoms with Crippen LogP contribution in [-0.2, 0) is 4.79 Å². The number of thioether (sulfide) groups is 1. The smallest absolute Gasteiger partial charge is 0.344 e. The zero-order valence-electron chi connectivity index (χ0n) is 18.0. The Morgan fingerprint density at radius 2 is 1.77 bits per heavy atom. The number of ether oxygens (including phenoxy) is 1. The number of amides is 1. The molecule has 0 atom stereocenters. The van der Waals surface area contributed by atoms with Crippen molar-refractivity contribution in [3.8, 4) is 5.75 Å². The van der Waals surface area contributed by atoms with Crippen molar-refractivity contribution >= 4 is 78.9 Å². The summed E-state index contributed by atoms with van der Waals surface area (Å²) >= 11 is 10.6. The lowest BCUT2D eigenvalue weighted by molar-refractivity contribution is -0.115. The van der Waals surface area contributed by atoms with E-state index in [1.807, 2.05) is 36.4 Å². The van der Waals surface area contributed by atoms with Crippen LogP contribution < -0.4 is 10.1 Å². The normalized spacial score (nSPS) is 15.5. The number of aliphatic imine (C=N–C) groups is 1. The molecule has 1 heterocycles. The Bertz CT molecular complexity index is 1530. The van der Waals surface area contributed by atoms with Crippen LogP contribution in [0.25, 0.3) is 16.8 Å². The zero-order valence-corrected chi connectivity index (χ0v) is 21.2. The second-order valence-corrected chi connectivity index (χ2v) is 9.94. The molecule has 8 heteroatoms. The average molecular weight is 564 g/mol. The predicted octanol–water partition coefficient (Wildman–Crippen LogP) is 7.37. The van der Waals surface area contributed by atoms with Gasteiger partial charge in [0.15, 0.2) is 5.17 Å². The molecule has 0 spiro atoms. The van der Waals surface area contributed by atoms with Crippen molar-refractivity contribution in [2.75, 3.05) is 0 Å². The van der Waals surface area contributed by atoms with Crippen LogP contribution in [0.1, 0.15) is 15.9 Å². The molecule has 1 aliphatic heterocycles. The first-order valence-corrected chi connectivity index (χ1v) is 12.5. The Kier molecular flexibility index (Phi) is 6.72. The first-order valence-electron chi connectivity index (χ1n) is 10.5. The third-order valence-corrected chi connectivity index (χ3v) is 6.83. The number of amidine groups is 1. The Balaban J connectivity index is 1.43. The molecule has 0 radical (unpaired) electrons. The monoisotopic (exact) mass is 562 g/mol. The van der Waals surface area contributed by atoms with E-state index in [4.69, 9.17) is 16.3 Å². The molecule has 5 rings (SSSR count). The molecular formula is C27H16BrClN2O3S. The van der Waals surface area contributed by atoms with Gasteiger partial charge in [0.25, 0.3) is 5.91 Å². The average Bonchev–Trinajstić information content (AvgIpc) is 3.20. The van der Waals surface area contributed by atoms with Gasteiger partial charge in [-0.2, -0.15) is 0 Å². The molecule has 35 heavy (non-hydrogen) atoms. The minimum atomic E-state index is -0.475. The standard InChI is InChI=1S/C27H16BrClN2O3S/c28-18-8-13-23(34-26(33)22-7-3-5-16-4-1-2-6-21(16)22)17(14-18)15-24-25(32)31-27(35-24)30-20-11-9-19(29)10-12-20/h1-15H,(H,30,31,32)/b24-15-. The van der Waals surface area contributed by atoms with E-state index in [0.29, 0.717) is 37.7 Å². The highest BCUT2D eigenvalue weighted by Gasteiger charge is 2.25. The van der Waals surface area contributed by atoms with Gasteiger partial charge >= 0.3 is 5.97 Å². The number of fused-ring (bicyclic) bond motifs is 1. The van der Waals surface area contributed by atoms with E-state index in [2.05, 4.69) is 26.2 Å². The summed E-state index contributed by atoms with van der Waals surface area (Å²) in [6.07, 6.45) is 1.68. The van der Waals surface area contributed by atoms with Crippen LogP contribution >= 0.6 is 39.3 Å². The van der Waals surface area contributed by atoms with Crippen molar-refractivity contribution in [3.63, 3.8) is 0 Å². The van der Waals surface area contributed by atoms with Crippen LogP contribution in [0.5, 0.6) is 5.75 Å². The second kappa shape index (κ2) is 10.1. The molecule has 0 bridgehead atoms. The van der Waals surface area contributed by atoms with Crippen LogP contribution in [0.15, 0.2) is 99.3 Å². The fraction of sp³-hybridized carbons (Fsp3) is 0. The number of benzene rings is 4. The van der Waals surface area contributed by atoms with Crippen LogP contribution in [0.3, 0.4) is 0 Å². The molecular weight excluding hydrogens is 548 g/mol. The third kappa shape index (κ3) is 5.32. The van der Waals surface area contributed by atoms with E-state index >= 15 is 0 Å². The lowest BCUT2D eigenvalue weighted by atomic mass is 10.0. The van der Waals surface area contributed by atoms with Gasteiger partial charge in [-0.3, -0.25) is 4.79 Å². The summed E-state index contributed by atoms with van der Waals surface area (Å²) in [4.78, 5) is 30.6. The summed E-state index contributed by atoms with van der Waals surface area (Å²) in [5.74, 6) is -0.415. The molecule has 5 nitrogen and oxygen atoms in total. The second-order valence-electron chi connectivity index (χ2n) is 7.56. The molecule has 0 saturated carbocycles. The Morgan fingerprint density at radius 1 is 1.00 bits per heavy atom. The molecule has 1 fully saturated rings. The molecule has 1 N–H and O–H groups in total. The van der Waals surface area contributed by atoms with Crippen molar-refractivity contribution < 1.29 is 14.3 Å². The molecule has 0 aromatic heterocycles. The lowest BCUT2D eigenvalue weighted by Gasteiger charge is -2.10. The number of carbonyl (C=O) groups is 2. The van der Waals surface area contributed by atoms with Gasteiger partial charge in [-0.1, -0.05) is 63.9 Å². The van der Waals surface area contributed by atoms with E-state index in [9.17, 15) is 9.59 Å². The number of hydrogen-bond donors (Lipinski definition) is 1. The molecule has 0 aliphatic carbocycles.